The smallest absolute Gasteiger partial charge is 0.356 e. The zero-order chi connectivity index (χ0) is 18.9. The molecule has 140 valence electrons. The zero-order valence-corrected chi connectivity index (χ0v) is 14.6. The summed E-state index contributed by atoms with van der Waals surface area (Å²) in [5, 5.41) is 4.00. The van der Waals surface area contributed by atoms with Crippen molar-refractivity contribution >= 4 is 11.7 Å². The molecule has 26 heavy (non-hydrogen) atoms. The molecule has 0 spiro atoms. The van der Waals surface area contributed by atoms with Crippen LogP contribution in [-0.2, 0) is 13.2 Å². The van der Waals surface area contributed by atoms with E-state index in [1.165, 1.54) is 18.5 Å². The average molecular weight is 367 g/mol. The van der Waals surface area contributed by atoms with Crippen LogP contribution >= 0.6 is 0 Å². The number of halogens is 3. The molecule has 0 aromatic carbocycles. The Hall–Kier alpha value is -2.58. The van der Waals surface area contributed by atoms with Crippen molar-refractivity contribution in [1.29, 1.82) is 0 Å². The van der Waals surface area contributed by atoms with Gasteiger partial charge in [0.25, 0.3) is 5.91 Å². The Morgan fingerprint density at radius 3 is 2.58 bits per heavy atom. The molecule has 0 N–H and O–H groups in total. The minimum Gasteiger partial charge on any atom is -0.356 e. The number of carbonyl (C=O) groups excluding carboxylic acids is 1. The molecular formula is C17H20F3N5O. The van der Waals surface area contributed by atoms with Crippen LogP contribution in [0.4, 0.5) is 19.0 Å². The number of amides is 1. The molecule has 2 aromatic heterocycles. The van der Waals surface area contributed by atoms with Crippen LogP contribution in [0.25, 0.3) is 0 Å². The number of alkyl halides is 3. The van der Waals surface area contributed by atoms with Crippen molar-refractivity contribution in [2.45, 2.75) is 25.1 Å². The van der Waals surface area contributed by atoms with Gasteiger partial charge in [-0.2, -0.15) is 18.3 Å². The van der Waals surface area contributed by atoms with Gasteiger partial charge in [0.2, 0.25) is 0 Å². The van der Waals surface area contributed by atoms with Gasteiger partial charge in [-0.3, -0.25) is 9.48 Å². The molecule has 3 heterocycles. The van der Waals surface area contributed by atoms with Crippen molar-refractivity contribution in [3.05, 3.63) is 41.9 Å². The third-order valence-corrected chi connectivity index (χ3v) is 4.68. The van der Waals surface area contributed by atoms with Crippen molar-refractivity contribution in [3.63, 3.8) is 0 Å². The van der Waals surface area contributed by atoms with E-state index >= 15 is 0 Å². The maximum absolute atomic E-state index is 13.2. The van der Waals surface area contributed by atoms with Gasteiger partial charge in [0.05, 0.1) is 17.3 Å². The lowest BCUT2D eigenvalue weighted by Gasteiger charge is -2.37. The monoisotopic (exact) mass is 367 g/mol. The fraction of sp³-hybridized carbons (Fsp3) is 0.471. The van der Waals surface area contributed by atoms with Crippen LogP contribution in [0.2, 0.25) is 0 Å². The fourth-order valence-corrected chi connectivity index (χ4v) is 3.24. The second-order valence-electron chi connectivity index (χ2n) is 6.41. The Labute approximate surface area is 149 Å². The van der Waals surface area contributed by atoms with Gasteiger partial charge in [-0.05, 0) is 25.0 Å². The average Bonchev–Trinajstić information content (AvgIpc) is 3.06. The molecule has 1 amide bonds. The highest BCUT2D eigenvalue weighted by molar-refractivity contribution is 5.93. The Morgan fingerprint density at radius 1 is 1.31 bits per heavy atom. The van der Waals surface area contributed by atoms with Crippen molar-refractivity contribution in [3.8, 4) is 0 Å². The van der Waals surface area contributed by atoms with E-state index in [9.17, 15) is 18.0 Å². The van der Waals surface area contributed by atoms with Gasteiger partial charge in [0.1, 0.15) is 5.82 Å². The molecule has 0 aliphatic carbocycles. The first-order chi connectivity index (χ1) is 12.3. The van der Waals surface area contributed by atoms with Gasteiger partial charge in [-0.1, -0.05) is 0 Å². The highest BCUT2D eigenvalue weighted by Crippen LogP contribution is 2.36. The zero-order valence-electron chi connectivity index (χ0n) is 14.6. The topological polar surface area (TPSA) is 54.3 Å². The van der Waals surface area contributed by atoms with E-state index in [4.69, 9.17) is 0 Å². The van der Waals surface area contributed by atoms with Crippen LogP contribution in [0.3, 0.4) is 0 Å². The number of pyridine rings is 1. The van der Waals surface area contributed by atoms with Gasteiger partial charge in [-0.25, -0.2) is 4.98 Å². The molecular weight excluding hydrogens is 347 g/mol. The number of hydrogen-bond donors (Lipinski definition) is 0. The molecule has 0 bridgehead atoms. The molecule has 1 saturated heterocycles. The van der Waals surface area contributed by atoms with Gasteiger partial charge in [0.15, 0.2) is 0 Å². The lowest BCUT2D eigenvalue weighted by molar-refractivity contribution is -0.137. The number of carbonyl (C=O) groups is 1. The lowest BCUT2D eigenvalue weighted by atomic mass is 10.0. The summed E-state index contributed by atoms with van der Waals surface area (Å²) in [4.78, 5) is 19.7. The summed E-state index contributed by atoms with van der Waals surface area (Å²) >= 11 is 0. The fourth-order valence-electron chi connectivity index (χ4n) is 3.24. The van der Waals surface area contributed by atoms with Crippen LogP contribution in [0.1, 0.15) is 28.8 Å². The number of aromatic nitrogens is 3. The van der Waals surface area contributed by atoms with E-state index in [2.05, 4.69) is 10.1 Å². The first-order valence-electron chi connectivity index (χ1n) is 8.30. The third-order valence-electron chi connectivity index (χ3n) is 4.68. The number of rotatable bonds is 3. The number of nitrogens with zero attached hydrogens (tertiary/aromatic N) is 5. The van der Waals surface area contributed by atoms with Crippen LogP contribution < -0.4 is 4.90 Å². The van der Waals surface area contributed by atoms with E-state index in [1.807, 2.05) is 0 Å². The Balaban J connectivity index is 1.67. The van der Waals surface area contributed by atoms with Crippen molar-refractivity contribution in [2.24, 2.45) is 7.05 Å². The van der Waals surface area contributed by atoms with Crippen LogP contribution in [0.15, 0.2) is 30.7 Å². The molecule has 0 unspecified atom stereocenters. The molecule has 3 rings (SSSR count). The van der Waals surface area contributed by atoms with Crippen molar-refractivity contribution in [1.82, 2.24) is 19.7 Å². The SMILES string of the molecule is CN(C(=O)c1cnn(C)c1)C1CCN(c2ncccc2C(F)(F)F)CC1. The predicted molar refractivity (Wildman–Crippen MR) is 89.8 cm³/mol. The van der Waals surface area contributed by atoms with Crippen LogP contribution in [0, 0.1) is 0 Å². The maximum Gasteiger partial charge on any atom is 0.419 e. The minimum absolute atomic E-state index is 0.0306. The van der Waals surface area contributed by atoms with Gasteiger partial charge in [-0.15, -0.1) is 0 Å². The Morgan fingerprint density at radius 2 is 2.00 bits per heavy atom. The number of piperidine rings is 1. The first-order valence-corrected chi connectivity index (χ1v) is 8.30. The summed E-state index contributed by atoms with van der Waals surface area (Å²) in [6, 6.07) is 2.31. The highest BCUT2D eigenvalue weighted by Gasteiger charge is 2.37. The molecule has 6 nitrogen and oxygen atoms in total. The van der Waals surface area contributed by atoms with E-state index in [0.717, 1.165) is 6.07 Å². The largest absolute Gasteiger partial charge is 0.419 e. The molecule has 0 atom stereocenters. The standard InChI is InChI=1S/C17H20F3N5O/c1-23-11-12(10-22-23)16(26)24(2)13-5-8-25(9-6-13)15-14(17(18,19)20)4-3-7-21-15/h3-4,7,10-11,13H,5-6,8-9H2,1-2H3. The first kappa shape index (κ1) is 18.2. The summed E-state index contributed by atoms with van der Waals surface area (Å²) in [5.74, 6) is -0.176. The minimum atomic E-state index is -4.44. The van der Waals surface area contributed by atoms with E-state index in [1.54, 1.807) is 34.8 Å². The molecule has 0 saturated carbocycles. The quantitative estimate of drug-likeness (QED) is 0.837. The van der Waals surface area contributed by atoms with Crippen molar-refractivity contribution < 1.29 is 18.0 Å². The molecule has 1 fully saturated rings. The van der Waals surface area contributed by atoms with E-state index < -0.39 is 11.7 Å². The summed E-state index contributed by atoms with van der Waals surface area (Å²) in [6.07, 6.45) is 1.25. The molecule has 9 heteroatoms. The van der Waals surface area contributed by atoms with E-state index in [-0.39, 0.29) is 17.8 Å². The van der Waals surface area contributed by atoms with Gasteiger partial charge < -0.3 is 9.80 Å². The number of hydrogen-bond acceptors (Lipinski definition) is 4. The second kappa shape index (κ2) is 6.97. The van der Waals surface area contributed by atoms with E-state index in [0.29, 0.717) is 31.5 Å². The number of aryl methyl sites for hydroxylation is 1. The summed E-state index contributed by atoms with van der Waals surface area (Å²) in [6.45, 7) is 0.824. The molecule has 1 aliphatic rings. The van der Waals surface area contributed by atoms with Crippen molar-refractivity contribution in [2.75, 3.05) is 25.0 Å². The van der Waals surface area contributed by atoms with Crippen LogP contribution in [0.5, 0.6) is 0 Å². The molecule has 0 radical (unpaired) electrons. The summed E-state index contributed by atoms with van der Waals surface area (Å²) in [5.41, 5.74) is -0.222. The third kappa shape index (κ3) is 3.66. The second-order valence-corrected chi connectivity index (χ2v) is 6.41. The molecule has 2 aromatic rings. The Kier molecular flexibility index (Phi) is 4.88. The maximum atomic E-state index is 13.2. The van der Waals surface area contributed by atoms with Gasteiger partial charge in [0, 0.05) is 45.6 Å². The number of anilines is 1. The molecule has 1 aliphatic heterocycles. The predicted octanol–water partition coefficient (Wildman–Crippen LogP) is 2.57. The lowest BCUT2D eigenvalue weighted by Crippen LogP contribution is -2.46. The van der Waals surface area contributed by atoms with Gasteiger partial charge >= 0.3 is 6.18 Å². The summed E-state index contributed by atoms with van der Waals surface area (Å²) in [7, 11) is 3.46. The Bertz CT molecular complexity index is 781. The summed E-state index contributed by atoms with van der Waals surface area (Å²) < 4.78 is 41.1. The van der Waals surface area contributed by atoms with Crippen LogP contribution in [-0.4, -0.2) is 51.8 Å². The normalized spacial score (nSPS) is 16.0. The highest BCUT2D eigenvalue weighted by atomic mass is 19.4.